The Labute approximate surface area is 95.6 Å². The number of benzene rings is 1. The lowest BCUT2D eigenvalue weighted by Gasteiger charge is -2.03. The van der Waals surface area contributed by atoms with Crippen LogP contribution in [0.2, 0.25) is 0 Å². The molecule has 0 saturated carbocycles. The van der Waals surface area contributed by atoms with E-state index < -0.39 is 0 Å². The number of imidazole rings is 1. The molecule has 0 atom stereocenters. The molecular formula is C13H17N3. The third-order valence-electron chi connectivity index (χ3n) is 2.76. The van der Waals surface area contributed by atoms with Crippen molar-refractivity contribution in [2.75, 3.05) is 0 Å². The van der Waals surface area contributed by atoms with E-state index in [1.54, 1.807) is 0 Å². The molecule has 2 rings (SSSR count). The van der Waals surface area contributed by atoms with Crippen LogP contribution in [0.1, 0.15) is 32.5 Å². The Morgan fingerprint density at radius 1 is 1.31 bits per heavy atom. The van der Waals surface area contributed by atoms with Gasteiger partial charge in [-0.05, 0) is 25.0 Å². The molecule has 16 heavy (non-hydrogen) atoms. The predicted octanol–water partition coefficient (Wildman–Crippen LogP) is 3.17. The Hall–Kier alpha value is -1.64. The smallest absolute Gasteiger partial charge is 0.149 e. The molecule has 0 saturated heterocycles. The summed E-state index contributed by atoms with van der Waals surface area (Å²) in [6.07, 6.45) is 4.00. The Bertz CT molecular complexity index is 448. The zero-order valence-electron chi connectivity index (χ0n) is 9.77. The van der Waals surface area contributed by atoms with Crippen molar-refractivity contribution in [2.24, 2.45) is 4.99 Å². The molecule has 2 aromatic rings. The molecule has 0 aliphatic rings. The second-order valence-electron chi connectivity index (χ2n) is 3.89. The van der Waals surface area contributed by atoms with Gasteiger partial charge in [0.25, 0.3) is 0 Å². The summed E-state index contributed by atoms with van der Waals surface area (Å²) in [5.74, 6) is 0.841. The minimum Gasteiger partial charge on any atom is -0.337 e. The topological polar surface area (TPSA) is 41.0 Å². The highest BCUT2D eigenvalue weighted by Gasteiger charge is 2.01. The van der Waals surface area contributed by atoms with Gasteiger partial charge in [0, 0.05) is 6.04 Å². The average Bonchev–Trinajstić information content (AvgIpc) is 2.73. The van der Waals surface area contributed by atoms with Crippen LogP contribution >= 0.6 is 0 Å². The fourth-order valence-electron chi connectivity index (χ4n) is 1.71. The van der Waals surface area contributed by atoms with Gasteiger partial charge in [-0.3, -0.25) is 4.99 Å². The summed E-state index contributed by atoms with van der Waals surface area (Å²) in [4.78, 5) is 12.2. The maximum absolute atomic E-state index is 4.51. The highest BCUT2D eigenvalue weighted by atomic mass is 14.9. The minimum atomic E-state index is 0.410. The molecule has 3 nitrogen and oxygen atoms in total. The van der Waals surface area contributed by atoms with Gasteiger partial charge in [0.1, 0.15) is 5.82 Å². The second-order valence-corrected chi connectivity index (χ2v) is 3.89. The molecule has 0 amide bonds. The molecule has 1 heterocycles. The van der Waals surface area contributed by atoms with Crippen LogP contribution in [0.3, 0.4) is 0 Å². The normalized spacial score (nSPS) is 11.9. The van der Waals surface area contributed by atoms with E-state index in [2.05, 4.69) is 28.8 Å². The summed E-state index contributed by atoms with van der Waals surface area (Å²) in [5.41, 5.74) is 2.06. The summed E-state index contributed by atoms with van der Waals surface area (Å²) in [6.45, 7) is 4.31. The molecule has 1 N–H and O–H groups in total. The van der Waals surface area contributed by atoms with Crippen LogP contribution in [0, 0.1) is 0 Å². The molecule has 0 fully saturated rings. The number of nitrogens with zero attached hydrogens (tertiary/aromatic N) is 2. The van der Waals surface area contributed by atoms with Crippen LogP contribution in [0.15, 0.2) is 29.3 Å². The molecular weight excluding hydrogens is 198 g/mol. The number of rotatable bonds is 4. The fraction of sp³-hybridized carbons (Fsp3) is 0.385. The molecule has 0 aliphatic carbocycles. The van der Waals surface area contributed by atoms with Gasteiger partial charge in [-0.25, -0.2) is 4.98 Å². The average molecular weight is 215 g/mol. The molecule has 0 aliphatic heterocycles. The molecule has 0 bridgehead atoms. The molecule has 0 unspecified atom stereocenters. The van der Waals surface area contributed by atoms with Gasteiger partial charge < -0.3 is 4.98 Å². The number of hydrogen-bond acceptors (Lipinski definition) is 2. The van der Waals surface area contributed by atoms with Crippen molar-refractivity contribution in [1.82, 2.24) is 9.97 Å². The minimum absolute atomic E-state index is 0.410. The van der Waals surface area contributed by atoms with Gasteiger partial charge in [0.05, 0.1) is 17.2 Å². The molecule has 0 radical (unpaired) electrons. The quantitative estimate of drug-likeness (QED) is 0.782. The van der Waals surface area contributed by atoms with E-state index in [1.807, 2.05) is 30.5 Å². The maximum atomic E-state index is 4.51. The first kappa shape index (κ1) is 10.9. The summed E-state index contributed by atoms with van der Waals surface area (Å²) >= 11 is 0. The molecule has 1 aromatic carbocycles. The van der Waals surface area contributed by atoms with E-state index in [-0.39, 0.29) is 0 Å². The Morgan fingerprint density at radius 2 is 2.06 bits per heavy atom. The Balaban J connectivity index is 2.21. The van der Waals surface area contributed by atoms with E-state index in [0.717, 1.165) is 29.7 Å². The highest BCUT2D eigenvalue weighted by molar-refractivity contribution is 5.83. The van der Waals surface area contributed by atoms with Crippen molar-refractivity contribution in [3.8, 4) is 0 Å². The van der Waals surface area contributed by atoms with Crippen molar-refractivity contribution in [1.29, 1.82) is 0 Å². The number of fused-ring (bicyclic) bond motifs is 1. The van der Waals surface area contributed by atoms with Crippen LogP contribution in [-0.2, 0) is 0 Å². The number of aromatic amines is 1. The zero-order chi connectivity index (χ0) is 11.4. The molecule has 3 heteroatoms. The first-order valence-electron chi connectivity index (χ1n) is 5.81. The van der Waals surface area contributed by atoms with Crippen molar-refractivity contribution in [3.63, 3.8) is 0 Å². The second kappa shape index (κ2) is 4.92. The number of nitrogens with one attached hydrogen (secondary N) is 1. The van der Waals surface area contributed by atoms with E-state index in [9.17, 15) is 0 Å². The van der Waals surface area contributed by atoms with Crippen molar-refractivity contribution in [3.05, 3.63) is 30.1 Å². The van der Waals surface area contributed by atoms with Gasteiger partial charge in [0.2, 0.25) is 0 Å². The van der Waals surface area contributed by atoms with Crippen LogP contribution in [0.4, 0.5) is 0 Å². The van der Waals surface area contributed by atoms with Crippen LogP contribution in [0.5, 0.6) is 0 Å². The van der Waals surface area contributed by atoms with Crippen molar-refractivity contribution < 1.29 is 0 Å². The lowest BCUT2D eigenvalue weighted by molar-refractivity contribution is 0.634. The largest absolute Gasteiger partial charge is 0.337 e. The van der Waals surface area contributed by atoms with Crippen LogP contribution in [-0.4, -0.2) is 22.2 Å². The summed E-state index contributed by atoms with van der Waals surface area (Å²) in [7, 11) is 0. The SMILES string of the molecule is CCC(CC)/N=C/c1nc2ccccc2[nH]1. The van der Waals surface area contributed by atoms with Crippen molar-refractivity contribution >= 4 is 17.2 Å². The number of aliphatic imine (C=N–C) groups is 1. The van der Waals surface area contributed by atoms with Gasteiger partial charge in [-0.2, -0.15) is 0 Å². The Kier molecular flexibility index (Phi) is 3.34. The molecule has 0 spiro atoms. The zero-order valence-corrected chi connectivity index (χ0v) is 9.77. The Morgan fingerprint density at radius 3 is 2.75 bits per heavy atom. The van der Waals surface area contributed by atoms with Crippen LogP contribution < -0.4 is 0 Å². The van der Waals surface area contributed by atoms with E-state index in [1.165, 1.54) is 0 Å². The number of para-hydroxylation sites is 2. The predicted molar refractivity (Wildman–Crippen MR) is 68.1 cm³/mol. The summed E-state index contributed by atoms with van der Waals surface area (Å²) < 4.78 is 0. The third kappa shape index (κ3) is 2.30. The van der Waals surface area contributed by atoms with Gasteiger partial charge >= 0.3 is 0 Å². The monoisotopic (exact) mass is 215 g/mol. The summed E-state index contributed by atoms with van der Waals surface area (Å²) in [6, 6.07) is 8.43. The lowest BCUT2D eigenvalue weighted by Crippen LogP contribution is -2.00. The highest BCUT2D eigenvalue weighted by Crippen LogP contribution is 2.09. The first-order valence-corrected chi connectivity index (χ1v) is 5.81. The molecule has 1 aromatic heterocycles. The standard InChI is InChI=1S/C13H17N3/c1-3-10(4-2)14-9-13-15-11-7-5-6-8-12(11)16-13/h5-10H,3-4H2,1-2H3,(H,15,16)/b14-9+. The third-order valence-corrected chi connectivity index (χ3v) is 2.76. The van der Waals surface area contributed by atoms with E-state index in [0.29, 0.717) is 6.04 Å². The van der Waals surface area contributed by atoms with Gasteiger partial charge in [0.15, 0.2) is 0 Å². The number of H-pyrrole nitrogens is 1. The van der Waals surface area contributed by atoms with E-state index in [4.69, 9.17) is 0 Å². The van der Waals surface area contributed by atoms with E-state index >= 15 is 0 Å². The summed E-state index contributed by atoms with van der Waals surface area (Å²) in [5, 5.41) is 0. The molecule has 84 valence electrons. The number of hydrogen-bond donors (Lipinski definition) is 1. The van der Waals surface area contributed by atoms with Gasteiger partial charge in [-0.1, -0.05) is 26.0 Å². The first-order chi connectivity index (χ1) is 7.83. The number of aromatic nitrogens is 2. The fourth-order valence-corrected chi connectivity index (χ4v) is 1.71. The van der Waals surface area contributed by atoms with Crippen molar-refractivity contribution in [2.45, 2.75) is 32.7 Å². The lowest BCUT2D eigenvalue weighted by atomic mass is 10.2. The van der Waals surface area contributed by atoms with Gasteiger partial charge in [-0.15, -0.1) is 0 Å². The van der Waals surface area contributed by atoms with Crippen LogP contribution in [0.25, 0.3) is 11.0 Å². The maximum Gasteiger partial charge on any atom is 0.149 e.